The lowest BCUT2D eigenvalue weighted by molar-refractivity contribution is -0.139. The molecular weight excluding hydrogens is 283 g/mol. The first-order chi connectivity index (χ1) is 9.88. The first kappa shape index (κ1) is 17.8. The zero-order valence-electron chi connectivity index (χ0n) is 12.6. The van der Waals surface area contributed by atoms with Gasteiger partial charge in [0.05, 0.1) is 11.7 Å². The SMILES string of the molecule is CCNCc1ccc(OC(C)CCOC)c(C(F)(F)F)c1. The van der Waals surface area contributed by atoms with Crippen molar-refractivity contribution in [3.8, 4) is 5.75 Å². The summed E-state index contributed by atoms with van der Waals surface area (Å²) < 4.78 is 49.7. The van der Waals surface area contributed by atoms with Gasteiger partial charge in [-0.25, -0.2) is 0 Å². The molecule has 1 aromatic carbocycles. The van der Waals surface area contributed by atoms with Crippen LogP contribution in [0.3, 0.4) is 0 Å². The Bertz CT molecular complexity index is 435. The third-order valence-corrected chi connectivity index (χ3v) is 2.99. The summed E-state index contributed by atoms with van der Waals surface area (Å²) in [5, 5.41) is 3.01. The first-order valence-electron chi connectivity index (χ1n) is 6.95. The predicted molar refractivity (Wildman–Crippen MR) is 75.4 cm³/mol. The highest BCUT2D eigenvalue weighted by Crippen LogP contribution is 2.37. The Labute approximate surface area is 123 Å². The van der Waals surface area contributed by atoms with Crippen LogP contribution in [0.2, 0.25) is 0 Å². The molecule has 21 heavy (non-hydrogen) atoms. The van der Waals surface area contributed by atoms with E-state index in [9.17, 15) is 13.2 Å². The zero-order chi connectivity index (χ0) is 15.9. The van der Waals surface area contributed by atoms with Crippen molar-refractivity contribution in [3.05, 3.63) is 29.3 Å². The van der Waals surface area contributed by atoms with Crippen LogP contribution in [-0.4, -0.2) is 26.4 Å². The minimum Gasteiger partial charge on any atom is -0.490 e. The van der Waals surface area contributed by atoms with Gasteiger partial charge in [-0.2, -0.15) is 13.2 Å². The van der Waals surface area contributed by atoms with Crippen molar-refractivity contribution in [2.24, 2.45) is 0 Å². The minimum absolute atomic E-state index is 0.133. The summed E-state index contributed by atoms with van der Waals surface area (Å²) in [5.41, 5.74) is -0.150. The highest BCUT2D eigenvalue weighted by molar-refractivity contribution is 5.39. The molecule has 1 N–H and O–H groups in total. The van der Waals surface area contributed by atoms with E-state index in [-0.39, 0.29) is 11.9 Å². The van der Waals surface area contributed by atoms with E-state index in [1.807, 2.05) is 6.92 Å². The Morgan fingerprint density at radius 3 is 2.57 bits per heavy atom. The number of nitrogens with one attached hydrogen (secondary N) is 1. The maximum absolute atomic E-state index is 13.1. The molecule has 0 spiro atoms. The number of ether oxygens (including phenoxy) is 2. The van der Waals surface area contributed by atoms with Crippen LogP contribution in [0.5, 0.6) is 5.75 Å². The highest BCUT2D eigenvalue weighted by atomic mass is 19.4. The summed E-state index contributed by atoms with van der Waals surface area (Å²) in [7, 11) is 1.55. The van der Waals surface area contributed by atoms with E-state index >= 15 is 0 Å². The molecule has 0 fully saturated rings. The molecule has 120 valence electrons. The van der Waals surface area contributed by atoms with Gasteiger partial charge in [0.2, 0.25) is 0 Å². The quantitative estimate of drug-likeness (QED) is 0.796. The Morgan fingerprint density at radius 1 is 1.29 bits per heavy atom. The highest BCUT2D eigenvalue weighted by Gasteiger charge is 2.35. The van der Waals surface area contributed by atoms with Crippen LogP contribution in [-0.2, 0) is 17.5 Å². The third kappa shape index (κ3) is 5.93. The van der Waals surface area contributed by atoms with E-state index in [0.717, 1.165) is 6.07 Å². The average Bonchev–Trinajstić information content (AvgIpc) is 2.42. The van der Waals surface area contributed by atoms with E-state index in [4.69, 9.17) is 9.47 Å². The lowest BCUT2D eigenvalue weighted by Crippen LogP contribution is -2.18. The van der Waals surface area contributed by atoms with Crippen molar-refractivity contribution in [1.29, 1.82) is 0 Å². The Morgan fingerprint density at radius 2 is 2.00 bits per heavy atom. The van der Waals surface area contributed by atoms with Gasteiger partial charge in [-0.3, -0.25) is 0 Å². The van der Waals surface area contributed by atoms with Gasteiger partial charge in [0, 0.05) is 26.7 Å². The average molecular weight is 305 g/mol. The molecule has 0 saturated carbocycles. The number of methoxy groups -OCH3 is 1. The number of rotatable bonds is 8. The standard InChI is InChI=1S/C15H22F3NO2/c1-4-19-10-12-5-6-14(13(9-12)15(16,17)18)21-11(2)7-8-20-3/h5-6,9,11,19H,4,7-8,10H2,1-3H3. The molecule has 1 aromatic rings. The molecular formula is C15H22F3NO2. The Balaban J connectivity index is 2.91. The van der Waals surface area contributed by atoms with Gasteiger partial charge < -0.3 is 14.8 Å². The molecule has 6 heteroatoms. The summed E-state index contributed by atoms with van der Waals surface area (Å²) in [4.78, 5) is 0. The third-order valence-electron chi connectivity index (χ3n) is 2.99. The predicted octanol–water partition coefficient (Wildman–Crippen LogP) is 3.62. The van der Waals surface area contributed by atoms with Gasteiger partial charge in [-0.1, -0.05) is 13.0 Å². The molecule has 0 heterocycles. The zero-order valence-corrected chi connectivity index (χ0v) is 12.6. The van der Waals surface area contributed by atoms with Gasteiger partial charge in [0.15, 0.2) is 0 Å². The number of hydrogen-bond donors (Lipinski definition) is 1. The molecule has 0 aliphatic carbocycles. The van der Waals surface area contributed by atoms with Crippen LogP contribution in [0.4, 0.5) is 13.2 Å². The number of hydrogen-bond acceptors (Lipinski definition) is 3. The lowest BCUT2D eigenvalue weighted by atomic mass is 10.1. The van der Waals surface area contributed by atoms with Gasteiger partial charge in [0.25, 0.3) is 0 Å². The summed E-state index contributed by atoms with van der Waals surface area (Å²) in [6, 6.07) is 4.18. The van der Waals surface area contributed by atoms with Crippen LogP contribution in [0.1, 0.15) is 31.4 Å². The lowest BCUT2D eigenvalue weighted by Gasteiger charge is -2.19. The second-order valence-electron chi connectivity index (χ2n) is 4.82. The smallest absolute Gasteiger partial charge is 0.419 e. The van der Waals surface area contributed by atoms with E-state index in [0.29, 0.717) is 31.7 Å². The Hall–Kier alpha value is -1.27. The molecule has 3 nitrogen and oxygen atoms in total. The molecule has 0 aliphatic rings. The molecule has 0 saturated heterocycles. The van der Waals surface area contributed by atoms with E-state index < -0.39 is 11.7 Å². The monoisotopic (exact) mass is 305 g/mol. The maximum atomic E-state index is 13.1. The number of halogens is 3. The summed E-state index contributed by atoms with van der Waals surface area (Å²) >= 11 is 0. The molecule has 1 rings (SSSR count). The van der Waals surface area contributed by atoms with Gasteiger partial charge in [0.1, 0.15) is 5.75 Å². The van der Waals surface area contributed by atoms with Gasteiger partial charge >= 0.3 is 6.18 Å². The van der Waals surface area contributed by atoms with Crippen molar-refractivity contribution in [2.75, 3.05) is 20.3 Å². The minimum atomic E-state index is -4.43. The second kappa shape index (κ2) is 8.24. The summed E-state index contributed by atoms with van der Waals surface area (Å²) in [6.07, 6.45) is -4.24. The Kier molecular flexibility index (Phi) is 6.98. The largest absolute Gasteiger partial charge is 0.490 e. The van der Waals surface area contributed by atoms with Gasteiger partial charge in [-0.05, 0) is 31.2 Å². The molecule has 0 aliphatic heterocycles. The normalized spacial score (nSPS) is 13.2. The van der Waals surface area contributed by atoms with E-state index in [1.54, 1.807) is 20.1 Å². The van der Waals surface area contributed by atoms with Crippen molar-refractivity contribution in [2.45, 2.75) is 39.1 Å². The van der Waals surface area contributed by atoms with Crippen molar-refractivity contribution >= 4 is 0 Å². The van der Waals surface area contributed by atoms with Crippen LogP contribution < -0.4 is 10.1 Å². The van der Waals surface area contributed by atoms with Crippen LogP contribution in [0.15, 0.2) is 18.2 Å². The fourth-order valence-electron chi connectivity index (χ4n) is 1.84. The van der Waals surface area contributed by atoms with E-state index in [1.165, 1.54) is 6.07 Å². The topological polar surface area (TPSA) is 30.5 Å². The molecule has 0 radical (unpaired) electrons. The maximum Gasteiger partial charge on any atom is 0.419 e. The molecule has 1 unspecified atom stereocenters. The fourth-order valence-corrected chi connectivity index (χ4v) is 1.84. The van der Waals surface area contributed by atoms with Crippen molar-refractivity contribution in [1.82, 2.24) is 5.32 Å². The van der Waals surface area contributed by atoms with Crippen LogP contribution in [0, 0.1) is 0 Å². The molecule has 1 atom stereocenters. The second-order valence-corrected chi connectivity index (χ2v) is 4.82. The first-order valence-corrected chi connectivity index (χ1v) is 6.95. The van der Waals surface area contributed by atoms with Crippen molar-refractivity contribution < 1.29 is 22.6 Å². The van der Waals surface area contributed by atoms with E-state index in [2.05, 4.69) is 5.32 Å². The number of benzene rings is 1. The van der Waals surface area contributed by atoms with Crippen molar-refractivity contribution in [3.63, 3.8) is 0 Å². The fraction of sp³-hybridized carbons (Fsp3) is 0.600. The summed E-state index contributed by atoms with van der Waals surface area (Å²) in [6.45, 7) is 5.18. The van der Waals surface area contributed by atoms with Gasteiger partial charge in [-0.15, -0.1) is 0 Å². The molecule has 0 bridgehead atoms. The van der Waals surface area contributed by atoms with Crippen LogP contribution in [0.25, 0.3) is 0 Å². The molecule has 0 amide bonds. The van der Waals surface area contributed by atoms with Crippen LogP contribution >= 0.6 is 0 Å². The number of alkyl halides is 3. The summed E-state index contributed by atoms with van der Waals surface area (Å²) in [5.74, 6) is -0.133. The molecule has 0 aromatic heterocycles.